The zero-order chi connectivity index (χ0) is 19.6. The summed E-state index contributed by atoms with van der Waals surface area (Å²) in [7, 11) is 1.68. The lowest BCUT2D eigenvalue weighted by Crippen LogP contribution is -2.47. The van der Waals surface area contributed by atoms with Gasteiger partial charge in [-0.25, -0.2) is 4.39 Å². The fourth-order valence-electron chi connectivity index (χ4n) is 4.55. The summed E-state index contributed by atoms with van der Waals surface area (Å²) in [5.41, 5.74) is 1.94. The Morgan fingerprint density at radius 2 is 1.54 bits per heavy atom. The predicted molar refractivity (Wildman–Crippen MR) is 111 cm³/mol. The molecular weight excluding hydrogens is 355 g/mol. The fourth-order valence-corrected chi connectivity index (χ4v) is 4.55. The summed E-state index contributed by atoms with van der Waals surface area (Å²) in [5.74, 6) is 0.634. The van der Waals surface area contributed by atoms with Crippen molar-refractivity contribution in [1.29, 1.82) is 0 Å². The number of piperazine rings is 1. The lowest BCUT2D eigenvalue weighted by Gasteiger charge is -2.38. The SMILES string of the molecule is COc1cc(C2(O)CCCCC2)ccc1N1CCN(c2ccccc2F)CC1. The quantitative estimate of drug-likeness (QED) is 0.852. The highest BCUT2D eigenvalue weighted by Crippen LogP contribution is 2.40. The molecule has 1 saturated heterocycles. The number of aliphatic hydroxyl groups is 1. The average Bonchev–Trinajstić information content (AvgIpc) is 2.74. The number of ether oxygens (including phenoxy) is 1. The van der Waals surface area contributed by atoms with Crippen LogP contribution in [0.3, 0.4) is 0 Å². The first kappa shape index (κ1) is 19.1. The molecule has 0 aromatic heterocycles. The highest BCUT2D eigenvalue weighted by Gasteiger charge is 2.32. The summed E-state index contributed by atoms with van der Waals surface area (Å²) in [5, 5.41) is 11.0. The van der Waals surface area contributed by atoms with E-state index < -0.39 is 5.60 Å². The summed E-state index contributed by atoms with van der Waals surface area (Å²) >= 11 is 0. The van der Waals surface area contributed by atoms with Gasteiger partial charge in [-0.2, -0.15) is 0 Å². The monoisotopic (exact) mass is 384 g/mol. The van der Waals surface area contributed by atoms with Gasteiger partial charge in [0.25, 0.3) is 0 Å². The maximum atomic E-state index is 14.1. The van der Waals surface area contributed by atoms with E-state index in [0.29, 0.717) is 5.69 Å². The molecule has 2 aromatic carbocycles. The van der Waals surface area contributed by atoms with Gasteiger partial charge < -0.3 is 19.6 Å². The second-order valence-electron chi connectivity index (χ2n) is 7.90. The van der Waals surface area contributed by atoms with Gasteiger partial charge in [0.1, 0.15) is 11.6 Å². The van der Waals surface area contributed by atoms with Crippen molar-refractivity contribution in [3.05, 3.63) is 53.8 Å². The normalized spacial score (nSPS) is 19.5. The molecule has 0 atom stereocenters. The second kappa shape index (κ2) is 8.00. The van der Waals surface area contributed by atoms with Crippen molar-refractivity contribution in [2.45, 2.75) is 37.7 Å². The molecule has 4 nitrogen and oxygen atoms in total. The van der Waals surface area contributed by atoms with Crippen molar-refractivity contribution in [3.8, 4) is 5.75 Å². The molecule has 1 aliphatic carbocycles. The highest BCUT2D eigenvalue weighted by atomic mass is 19.1. The summed E-state index contributed by atoms with van der Waals surface area (Å²) in [6.07, 6.45) is 4.97. The van der Waals surface area contributed by atoms with Crippen LogP contribution in [0, 0.1) is 5.82 Å². The van der Waals surface area contributed by atoms with Gasteiger partial charge in [0, 0.05) is 26.2 Å². The predicted octanol–water partition coefficient (Wildman–Crippen LogP) is 4.31. The van der Waals surface area contributed by atoms with E-state index in [2.05, 4.69) is 15.9 Å². The summed E-state index contributed by atoms with van der Waals surface area (Å²) in [4.78, 5) is 4.38. The third-order valence-corrected chi connectivity index (χ3v) is 6.21. The Hall–Kier alpha value is -2.27. The van der Waals surface area contributed by atoms with Crippen molar-refractivity contribution in [3.63, 3.8) is 0 Å². The molecule has 1 heterocycles. The van der Waals surface area contributed by atoms with E-state index >= 15 is 0 Å². The maximum Gasteiger partial charge on any atom is 0.146 e. The van der Waals surface area contributed by atoms with Crippen LogP contribution in [0.5, 0.6) is 5.75 Å². The van der Waals surface area contributed by atoms with Crippen LogP contribution in [0.2, 0.25) is 0 Å². The molecule has 2 aliphatic rings. The highest BCUT2D eigenvalue weighted by molar-refractivity contribution is 5.62. The molecule has 0 bridgehead atoms. The van der Waals surface area contributed by atoms with Gasteiger partial charge in [-0.15, -0.1) is 0 Å². The topological polar surface area (TPSA) is 35.9 Å². The van der Waals surface area contributed by atoms with Crippen molar-refractivity contribution >= 4 is 11.4 Å². The maximum absolute atomic E-state index is 14.1. The largest absolute Gasteiger partial charge is 0.495 e. The molecule has 150 valence electrons. The molecule has 1 N–H and O–H groups in total. The molecule has 1 aliphatic heterocycles. The van der Waals surface area contributed by atoms with E-state index in [-0.39, 0.29) is 5.82 Å². The van der Waals surface area contributed by atoms with Crippen molar-refractivity contribution in [2.24, 2.45) is 0 Å². The molecule has 2 aromatic rings. The number of nitrogens with zero attached hydrogens (tertiary/aromatic N) is 2. The molecule has 0 radical (unpaired) electrons. The molecule has 0 spiro atoms. The van der Waals surface area contributed by atoms with Crippen LogP contribution >= 0.6 is 0 Å². The number of para-hydroxylation sites is 1. The standard InChI is InChI=1S/C23H29FN2O2/c1-28-22-17-18(23(27)11-5-2-6-12-23)9-10-21(22)26-15-13-25(14-16-26)20-8-4-3-7-19(20)24/h3-4,7-10,17,27H,2,5-6,11-16H2,1H3. The van der Waals surface area contributed by atoms with E-state index in [9.17, 15) is 9.50 Å². The zero-order valence-corrected chi connectivity index (χ0v) is 16.5. The Bertz CT molecular complexity index is 812. The van der Waals surface area contributed by atoms with E-state index in [1.807, 2.05) is 24.3 Å². The first-order chi connectivity index (χ1) is 13.6. The van der Waals surface area contributed by atoms with E-state index in [1.54, 1.807) is 13.2 Å². The summed E-state index contributed by atoms with van der Waals surface area (Å²) in [6.45, 7) is 3.12. The summed E-state index contributed by atoms with van der Waals surface area (Å²) < 4.78 is 19.8. The van der Waals surface area contributed by atoms with E-state index in [1.165, 1.54) is 12.5 Å². The molecule has 1 saturated carbocycles. The zero-order valence-electron chi connectivity index (χ0n) is 16.5. The number of hydrogen-bond acceptors (Lipinski definition) is 4. The molecule has 0 unspecified atom stereocenters. The van der Waals surface area contributed by atoms with Crippen LogP contribution in [0.25, 0.3) is 0 Å². The smallest absolute Gasteiger partial charge is 0.146 e. The number of rotatable bonds is 4. The van der Waals surface area contributed by atoms with E-state index in [4.69, 9.17) is 4.74 Å². The summed E-state index contributed by atoms with van der Waals surface area (Å²) in [6, 6.07) is 13.1. The van der Waals surface area contributed by atoms with Crippen LogP contribution in [0.15, 0.2) is 42.5 Å². The molecule has 2 fully saturated rings. The lowest BCUT2D eigenvalue weighted by molar-refractivity contribution is -0.000777. The molecule has 5 heteroatoms. The van der Waals surface area contributed by atoms with Gasteiger partial charge in [-0.05, 0) is 42.7 Å². The van der Waals surface area contributed by atoms with Crippen LogP contribution in [-0.2, 0) is 5.60 Å². The van der Waals surface area contributed by atoms with Gasteiger partial charge in [-0.3, -0.25) is 0 Å². The minimum absolute atomic E-state index is 0.168. The Balaban J connectivity index is 1.50. The third kappa shape index (κ3) is 3.68. The van der Waals surface area contributed by atoms with Crippen molar-refractivity contribution in [1.82, 2.24) is 0 Å². The fraction of sp³-hybridized carbons (Fsp3) is 0.478. The van der Waals surface area contributed by atoms with Crippen LogP contribution in [0.4, 0.5) is 15.8 Å². The molecule has 4 rings (SSSR count). The number of anilines is 2. The Kier molecular flexibility index (Phi) is 5.44. The van der Waals surface area contributed by atoms with Crippen LogP contribution in [0.1, 0.15) is 37.7 Å². The first-order valence-electron chi connectivity index (χ1n) is 10.3. The van der Waals surface area contributed by atoms with Gasteiger partial charge in [-0.1, -0.05) is 37.5 Å². The second-order valence-corrected chi connectivity index (χ2v) is 7.90. The van der Waals surface area contributed by atoms with Gasteiger partial charge >= 0.3 is 0 Å². The molecular formula is C23H29FN2O2. The number of benzene rings is 2. The Morgan fingerprint density at radius 1 is 0.893 bits per heavy atom. The minimum Gasteiger partial charge on any atom is -0.495 e. The average molecular weight is 384 g/mol. The molecule has 0 amide bonds. The van der Waals surface area contributed by atoms with Gasteiger partial charge in [0.05, 0.1) is 24.1 Å². The van der Waals surface area contributed by atoms with Crippen LogP contribution < -0.4 is 14.5 Å². The lowest BCUT2D eigenvalue weighted by atomic mass is 9.79. The van der Waals surface area contributed by atoms with Gasteiger partial charge in [0.15, 0.2) is 0 Å². The number of halogens is 1. The van der Waals surface area contributed by atoms with Crippen molar-refractivity contribution < 1.29 is 14.2 Å². The number of hydrogen-bond donors (Lipinski definition) is 1. The Morgan fingerprint density at radius 3 is 2.18 bits per heavy atom. The Labute approximate surface area is 166 Å². The van der Waals surface area contributed by atoms with Gasteiger partial charge in [0.2, 0.25) is 0 Å². The third-order valence-electron chi connectivity index (χ3n) is 6.21. The number of methoxy groups -OCH3 is 1. The minimum atomic E-state index is -0.729. The van der Waals surface area contributed by atoms with E-state index in [0.717, 1.165) is 68.9 Å². The first-order valence-corrected chi connectivity index (χ1v) is 10.3. The molecule has 28 heavy (non-hydrogen) atoms. The van der Waals surface area contributed by atoms with Crippen LogP contribution in [-0.4, -0.2) is 38.4 Å². The van der Waals surface area contributed by atoms with Crippen molar-refractivity contribution in [2.75, 3.05) is 43.1 Å².